The lowest BCUT2D eigenvalue weighted by atomic mass is 10.1. The minimum absolute atomic E-state index is 0.0389. The fourth-order valence-corrected chi connectivity index (χ4v) is 2.80. The predicted octanol–water partition coefficient (Wildman–Crippen LogP) is 2.74. The monoisotopic (exact) mass is 480 g/mol. The summed E-state index contributed by atoms with van der Waals surface area (Å²) in [5.74, 6) is -0.240. The van der Waals surface area contributed by atoms with Crippen LogP contribution in [0.25, 0.3) is 0 Å². The summed E-state index contributed by atoms with van der Waals surface area (Å²) in [4.78, 5) is 11.7. The summed E-state index contributed by atoms with van der Waals surface area (Å²) in [6.07, 6.45) is 1.24. The summed E-state index contributed by atoms with van der Waals surface area (Å²) in [6, 6.07) is 0.536. The summed E-state index contributed by atoms with van der Waals surface area (Å²) >= 11 is 0. The number of carbonyl (C=O) groups excluding carboxylic acids is 1. The van der Waals surface area contributed by atoms with Gasteiger partial charge in [0.25, 0.3) is 0 Å². The van der Waals surface area contributed by atoms with Crippen molar-refractivity contribution < 1.29 is 32.9 Å². The zero-order valence-corrected chi connectivity index (χ0v) is 21.5. The number of hydrogen-bond donors (Lipinski definition) is 2. The first-order valence-electron chi connectivity index (χ1n) is 12.5. The minimum atomic E-state index is -1.25. The first-order valence-corrected chi connectivity index (χ1v) is 12.5. The molecule has 0 bridgehead atoms. The maximum absolute atomic E-state index is 14.0. The fourth-order valence-electron chi connectivity index (χ4n) is 2.80. The molecule has 0 aromatic rings. The third-order valence-electron chi connectivity index (χ3n) is 5.23. The predicted molar refractivity (Wildman–Crippen MR) is 128 cm³/mol. The molecular weight excluding hydrogens is 431 g/mol. The highest BCUT2D eigenvalue weighted by Gasteiger charge is 2.19. The van der Waals surface area contributed by atoms with Crippen molar-refractivity contribution in [1.29, 1.82) is 0 Å². The molecule has 0 aromatic carbocycles. The number of halogens is 1. The summed E-state index contributed by atoms with van der Waals surface area (Å²) in [5.41, 5.74) is 0. The third-order valence-corrected chi connectivity index (χ3v) is 5.23. The summed E-state index contributed by atoms with van der Waals surface area (Å²) in [6.45, 7) is 15.0. The van der Waals surface area contributed by atoms with Gasteiger partial charge in [-0.2, -0.15) is 0 Å². The van der Waals surface area contributed by atoms with Crippen molar-refractivity contribution in [1.82, 2.24) is 10.6 Å². The van der Waals surface area contributed by atoms with E-state index in [4.69, 9.17) is 23.7 Å². The van der Waals surface area contributed by atoms with Gasteiger partial charge in [0.2, 0.25) is 5.91 Å². The average Bonchev–Trinajstić information content (AvgIpc) is 2.81. The van der Waals surface area contributed by atoms with Crippen LogP contribution in [0.2, 0.25) is 0 Å². The van der Waals surface area contributed by atoms with Crippen LogP contribution in [-0.2, 0) is 28.5 Å². The molecule has 0 saturated carbocycles. The third kappa shape index (κ3) is 20.3. The van der Waals surface area contributed by atoms with Crippen LogP contribution in [0, 0.1) is 5.92 Å². The van der Waals surface area contributed by atoms with Gasteiger partial charge in [-0.15, -0.1) is 0 Å². The van der Waals surface area contributed by atoms with E-state index < -0.39 is 12.3 Å². The molecule has 4 atom stereocenters. The number of ether oxygens (including phenoxy) is 5. The normalized spacial score (nSPS) is 15.2. The Bertz CT molecular complexity index is 447. The molecule has 0 fully saturated rings. The first-order chi connectivity index (χ1) is 15.9. The number of alkyl halides is 1. The maximum atomic E-state index is 14.0. The number of amides is 1. The van der Waals surface area contributed by atoms with Gasteiger partial charge in [-0.1, -0.05) is 27.2 Å². The van der Waals surface area contributed by atoms with Crippen molar-refractivity contribution in [2.75, 3.05) is 72.6 Å². The highest BCUT2D eigenvalue weighted by atomic mass is 19.1. The van der Waals surface area contributed by atoms with E-state index in [0.717, 1.165) is 13.0 Å². The van der Waals surface area contributed by atoms with Crippen LogP contribution in [0.1, 0.15) is 53.9 Å². The molecule has 1 amide bonds. The Balaban J connectivity index is 3.35. The van der Waals surface area contributed by atoms with E-state index in [-0.39, 0.29) is 25.0 Å². The molecule has 4 unspecified atom stereocenters. The van der Waals surface area contributed by atoms with Gasteiger partial charge >= 0.3 is 0 Å². The average molecular weight is 481 g/mol. The van der Waals surface area contributed by atoms with Crippen LogP contribution >= 0.6 is 0 Å². The van der Waals surface area contributed by atoms with E-state index in [9.17, 15) is 9.18 Å². The Morgan fingerprint density at radius 1 is 0.818 bits per heavy atom. The summed E-state index contributed by atoms with van der Waals surface area (Å²) in [7, 11) is 0. The van der Waals surface area contributed by atoms with Crippen LogP contribution in [0.5, 0.6) is 0 Å². The first kappa shape index (κ1) is 32.2. The van der Waals surface area contributed by atoms with E-state index >= 15 is 0 Å². The van der Waals surface area contributed by atoms with Crippen molar-refractivity contribution in [2.45, 2.75) is 72.2 Å². The Hall–Kier alpha value is -0.840. The lowest BCUT2D eigenvalue weighted by molar-refractivity contribution is -0.125. The number of carbonyl (C=O) groups is 1. The van der Waals surface area contributed by atoms with Crippen molar-refractivity contribution in [3.63, 3.8) is 0 Å². The second kappa shape index (κ2) is 22.9. The molecule has 0 aromatic heterocycles. The van der Waals surface area contributed by atoms with Crippen molar-refractivity contribution >= 4 is 5.91 Å². The SMILES string of the molecule is CCCC(C)NCCOCCOCCOCCOCCOC(C)C(F)CNC(=O)C(C)CC. The molecule has 0 heterocycles. The molecule has 8 nitrogen and oxygen atoms in total. The van der Waals surface area contributed by atoms with E-state index in [1.807, 2.05) is 13.8 Å². The highest BCUT2D eigenvalue weighted by Crippen LogP contribution is 2.05. The molecule has 9 heteroatoms. The molecule has 0 rings (SSSR count). The fraction of sp³-hybridized carbons (Fsp3) is 0.958. The van der Waals surface area contributed by atoms with Gasteiger partial charge in [0, 0.05) is 18.5 Å². The lowest BCUT2D eigenvalue weighted by Crippen LogP contribution is -2.38. The highest BCUT2D eigenvalue weighted by molar-refractivity contribution is 5.78. The van der Waals surface area contributed by atoms with Crippen LogP contribution < -0.4 is 10.6 Å². The van der Waals surface area contributed by atoms with Gasteiger partial charge in [0.1, 0.15) is 6.17 Å². The van der Waals surface area contributed by atoms with Gasteiger partial charge in [0.05, 0.1) is 72.1 Å². The Kier molecular flexibility index (Phi) is 22.3. The quantitative estimate of drug-likeness (QED) is 0.205. The zero-order valence-electron chi connectivity index (χ0n) is 21.5. The molecule has 0 aliphatic heterocycles. The minimum Gasteiger partial charge on any atom is -0.378 e. The van der Waals surface area contributed by atoms with Crippen LogP contribution in [0.4, 0.5) is 4.39 Å². The molecule has 33 heavy (non-hydrogen) atoms. The lowest BCUT2D eigenvalue weighted by Gasteiger charge is -2.19. The van der Waals surface area contributed by atoms with E-state index in [1.165, 1.54) is 12.8 Å². The zero-order chi connectivity index (χ0) is 24.7. The van der Waals surface area contributed by atoms with Gasteiger partial charge in [0.15, 0.2) is 0 Å². The van der Waals surface area contributed by atoms with Gasteiger partial charge in [-0.25, -0.2) is 4.39 Å². The van der Waals surface area contributed by atoms with Crippen LogP contribution in [0.3, 0.4) is 0 Å². The molecule has 0 aliphatic rings. The van der Waals surface area contributed by atoms with E-state index in [1.54, 1.807) is 6.92 Å². The van der Waals surface area contributed by atoms with Crippen molar-refractivity contribution in [3.05, 3.63) is 0 Å². The van der Waals surface area contributed by atoms with Crippen LogP contribution in [0.15, 0.2) is 0 Å². The molecule has 0 saturated heterocycles. The molecular formula is C24H49FN2O6. The topological polar surface area (TPSA) is 87.3 Å². The maximum Gasteiger partial charge on any atom is 0.222 e. The Morgan fingerprint density at radius 3 is 1.85 bits per heavy atom. The van der Waals surface area contributed by atoms with Crippen molar-refractivity contribution in [2.24, 2.45) is 5.92 Å². The molecule has 0 radical (unpaired) electrons. The summed E-state index contributed by atoms with van der Waals surface area (Å²) < 4.78 is 41.3. The van der Waals surface area contributed by atoms with E-state index in [2.05, 4.69) is 24.5 Å². The number of nitrogens with one attached hydrogen (secondary N) is 2. The molecule has 0 aliphatic carbocycles. The second-order valence-corrected chi connectivity index (χ2v) is 8.24. The summed E-state index contributed by atoms with van der Waals surface area (Å²) in [5, 5.41) is 6.03. The molecule has 0 spiro atoms. The molecule has 2 N–H and O–H groups in total. The van der Waals surface area contributed by atoms with E-state index in [0.29, 0.717) is 58.9 Å². The standard InChI is InChI=1S/C24H49FN2O6/c1-6-8-21(4)26-9-10-29-11-12-30-13-14-31-15-16-32-17-18-33-22(5)23(25)19-27-24(28)20(3)7-2/h20-23,26H,6-19H2,1-5H3,(H,27,28). The van der Waals surface area contributed by atoms with Crippen molar-refractivity contribution in [3.8, 4) is 0 Å². The smallest absolute Gasteiger partial charge is 0.222 e. The second-order valence-electron chi connectivity index (χ2n) is 8.24. The Morgan fingerprint density at radius 2 is 1.33 bits per heavy atom. The van der Waals surface area contributed by atoms with Gasteiger partial charge in [-0.05, 0) is 26.7 Å². The number of rotatable bonds is 24. The van der Waals surface area contributed by atoms with Gasteiger partial charge in [-0.3, -0.25) is 4.79 Å². The molecule has 198 valence electrons. The van der Waals surface area contributed by atoms with Crippen LogP contribution in [-0.4, -0.2) is 96.8 Å². The number of hydrogen-bond acceptors (Lipinski definition) is 7. The largest absolute Gasteiger partial charge is 0.378 e. The van der Waals surface area contributed by atoms with Gasteiger partial charge < -0.3 is 34.3 Å². The Labute approximate surface area is 200 Å².